The van der Waals surface area contributed by atoms with Crippen molar-refractivity contribution in [1.82, 2.24) is 9.71 Å². The van der Waals surface area contributed by atoms with Gasteiger partial charge in [0.25, 0.3) is 5.56 Å². The fourth-order valence-electron chi connectivity index (χ4n) is 2.16. The third-order valence-corrected chi connectivity index (χ3v) is 9.43. The van der Waals surface area contributed by atoms with Crippen LogP contribution in [0.2, 0.25) is 18.1 Å². The summed E-state index contributed by atoms with van der Waals surface area (Å²) in [5.74, 6) is 0. The number of aliphatic hydroxyl groups is 1. The molecular weight excluding hydrogens is 344 g/mol. The predicted molar refractivity (Wildman–Crippen MR) is 95.1 cm³/mol. The predicted octanol–water partition coefficient (Wildman–Crippen LogP) is 0.771. The fourth-order valence-corrected chi connectivity index (χ4v) is 3.18. The number of aromatic amines is 1. The Morgan fingerprint density at radius 3 is 2.64 bits per heavy atom. The third-order valence-electron chi connectivity index (χ3n) is 4.93. The van der Waals surface area contributed by atoms with Gasteiger partial charge in [-0.3, -0.25) is 9.78 Å². The maximum Gasteiger partial charge on any atom is 0.361 e. The van der Waals surface area contributed by atoms with E-state index in [1.165, 1.54) is 6.20 Å². The largest absolute Gasteiger partial charge is 0.414 e. The van der Waals surface area contributed by atoms with Gasteiger partial charge in [0, 0.05) is 12.0 Å². The maximum atomic E-state index is 11.8. The summed E-state index contributed by atoms with van der Waals surface area (Å²) in [5, 5.41) is 10.3. The quantitative estimate of drug-likeness (QED) is 0.740. The lowest BCUT2D eigenvalue weighted by Crippen LogP contribution is -2.44. The molecular formula is C16H28N2O6Si. The highest BCUT2D eigenvalue weighted by molar-refractivity contribution is 6.74. The molecule has 0 aliphatic carbocycles. The summed E-state index contributed by atoms with van der Waals surface area (Å²) < 4.78 is 12.7. The van der Waals surface area contributed by atoms with Crippen molar-refractivity contribution >= 4 is 8.32 Å². The zero-order chi connectivity index (χ0) is 19.0. The molecule has 0 saturated carbocycles. The third kappa shape index (κ3) is 4.60. The number of nitrogens with zero attached hydrogens (tertiary/aromatic N) is 1. The van der Waals surface area contributed by atoms with Crippen molar-refractivity contribution in [1.29, 1.82) is 0 Å². The van der Waals surface area contributed by atoms with Gasteiger partial charge in [-0.1, -0.05) is 20.8 Å². The molecule has 2 rings (SSSR count). The fraction of sp³-hybridized carbons (Fsp3) is 0.750. The second-order valence-electron chi connectivity index (χ2n) is 7.98. The van der Waals surface area contributed by atoms with Gasteiger partial charge in [0.05, 0.1) is 18.9 Å². The molecule has 2 N–H and O–H groups in total. The van der Waals surface area contributed by atoms with Gasteiger partial charge in [-0.2, -0.15) is 0 Å². The number of H-pyrrole nitrogens is 1. The van der Waals surface area contributed by atoms with Gasteiger partial charge in [0.1, 0.15) is 6.10 Å². The summed E-state index contributed by atoms with van der Waals surface area (Å²) in [6, 6.07) is 0. The van der Waals surface area contributed by atoms with E-state index in [-0.39, 0.29) is 18.1 Å². The van der Waals surface area contributed by atoms with Gasteiger partial charge in [0.2, 0.25) is 6.29 Å². The minimum Gasteiger partial charge on any atom is -0.414 e. The van der Waals surface area contributed by atoms with Crippen LogP contribution < -0.4 is 16.1 Å². The lowest BCUT2D eigenvalue weighted by atomic mass is 10.2. The molecule has 1 fully saturated rings. The minimum absolute atomic E-state index is 0.0627. The Hall–Kier alpha value is -1.42. The van der Waals surface area contributed by atoms with Crippen LogP contribution >= 0.6 is 0 Å². The topological polar surface area (TPSA) is 103 Å². The highest BCUT2D eigenvalue weighted by Gasteiger charge is 2.41. The molecule has 9 heteroatoms. The Kier molecular flexibility index (Phi) is 5.62. The smallest absolute Gasteiger partial charge is 0.361 e. The second kappa shape index (κ2) is 7.06. The van der Waals surface area contributed by atoms with Crippen LogP contribution in [0.1, 0.15) is 32.8 Å². The van der Waals surface area contributed by atoms with Crippen LogP contribution in [0.5, 0.6) is 0 Å². The van der Waals surface area contributed by atoms with Gasteiger partial charge in [0.15, 0.2) is 8.32 Å². The van der Waals surface area contributed by atoms with E-state index in [2.05, 4.69) is 38.8 Å². The van der Waals surface area contributed by atoms with Crippen molar-refractivity contribution < 1.29 is 19.1 Å². The van der Waals surface area contributed by atoms with Gasteiger partial charge < -0.3 is 19.1 Å². The number of nitrogens with one attached hydrogen (secondary N) is 1. The molecule has 0 amide bonds. The van der Waals surface area contributed by atoms with Gasteiger partial charge >= 0.3 is 5.69 Å². The molecule has 8 nitrogen and oxygen atoms in total. The highest BCUT2D eigenvalue weighted by Crippen LogP contribution is 2.37. The zero-order valence-corrected chi connectivity index (χ0v) is 16.7. The van der Waals surface area contributed by atoms with Crippen molar-refractivity contribution in [3.63, 3.8) is 0 Å². The first kappa shape index (κ1) is 19.9. The van der Waals surface area contributed by atoms with Gasteiger partial charge in [-0.25, -0.2) is 4.79 Å². The van der Waals surface area contributed by atoms with E-state index < -0.39 is 38.1 Å². The normalized spacial score (nSPS) is 24.5. The Morgan fingerprint density at radius 2 is 2.04 bits per heavy atom. The summed E-state index contributed by atoms with van der Waals surface area (Å²) in [7, 11) is -1.95. The Labute approximate surface area is 147 Å². The number of hydrogen-bond donors (Lipinski definition) is 2. The van der Waals surface area contributed by atoms with Crippen molar-refractivity contribution in [3.05, 3.63) is 32.6 Å². The number of aryl methyl sites for hydroxylation is 1. The van der Waals surface area contributed by atoms with E-state index in [0.717, 1.165) is 4.73 Å². The molecule has 0 unspecified atom stereocenters. The van der Waals surface area contributed by atoms with Crippen molar-refractivity contribution in [2.75, 3.05) is 6.61 Å². The summed E-state index contributed by atoms with van der Waals surface area (Å²) in [5.41, 5.74) is -0.802. The number of ether oxygens (including phenoxy) is 1. The Bertz CT molecular complexity index is 721. The number of hydrogen-bond acceptors (Lipinski definition) is 6. The molecule has 0 radical (unpaired) electrons. The van der Waals surface area contributed by atoms with E-state index in [1.807, 2.05) is 0 Å². The van der Waals surface area contributed by atoms with E-state index in [4.69, 9.17) is 14.0 Å². The van der Waals surface area contributed by atoms with Crippen molar-refractivity contribution in [2.45, 2.75) is 70.7 Å². The first-order valence-electron chi connectivity index (χ1n) is 8.38. The number of aliphatic hydroxyl groups excluding tert-OH is 1. The van der Waals surface area contributed by atoms with Crippen LogP contribution in [0.4, 0.5) is 0 Å². The molecule has 1 aliphatic heterocycles. The molecule has 0 aromatic carbocycles. The van der Waals surface area contributed by atoms with Crippen molar-refractivity contribution in [3.8, 4) is 0 Å². The Morgan fingerprint density at radius 1 is 1.40 bits per heavy atom. The molecule has 1 aliphatic rings. The van der Waals surface area contributed by atoms with Crippen LogP contribution in [0.3, 0.4) is 0 Å². The molecule has 142 valence electrons. The minimum atomic E-state index is -1.95. The molecule has 3 atom stereocenters. The maximum absolute atomic E-state index is 11.8. The van der Waals surface area contributed by atoms with Gasteiger partial charge in [-0.05, 0) is 25.1 Å². The zero-order valence-electron chi connectivity index (χ0n) is 15.7. The first-order chi connectivity index (χ1) is 11.4. The SMILES string of the molecule is Cc1cn(O[C@H]2C[C@H](O)[C@@H](CO[Si](C)(C)C(C)(C)C)O2)c(=O)[nH]c1=O. The number of aromatic nitrogens is 2. The molecule has 1 saturated heterocycles. The van der Waals surface area contributed by atoms with Crippen LogP contribution in [0, 0.1) is 6.92 Å². The standard InChI is InChI=1S/C16H28N2O6Si/c1-10-8-18(15(21)17-14(10)20)24-13-7-11(19)12(23-13)9-22-25(5,6)16(2,3)4/h8,11-13,19H,7,9H2,1-6H3,(H,17,20,21)/t11-,12+,13-/m0/s1. The average molecular weight is 372 g/mol. The van der Waals surface area contributed by atoms with Crippen LogP contribution in [0.15, 0.2) is 15.8 Å². The monoisotopic (exact) mass is 372 g/mol. The van der Waals surface area contributed by atoms with Crippen LogP contribution in [-0.2, 0) is 9.16 Å². The second-order valence-corrected chi connectivity index (χ2v) is 12.8. The van der Waals surface area contributed by atoms with E-state index in [9.17, 15) is 14.7 Å². The summed E-state index contributed by atoms with van der Waals surface area (Å²) >= 11 is 0. The number of rotatable bonds is 5. The average Bonchev–Trinajstić information content (AvgIpc) is 2.81. The lowest BCUT2D eigenvalue weighted by molar-refractivity contribution is -0.147. The summed E-state index contributed by atoms with van der Waals surface area (Å²) in [4.78, 5) is 30.7. The molecule has 2 heterocycles. The van der Waals surface area contributed by atoms with Crippen LogP contribution in [0.25, 0.3) is 0 Å². The lowest BCUT2D eigenvalue weighted by Gasteiger charge is -2.37. The summed E-state index contributed by atoms with van der Waals surface area (Å²) in [6.07, 6.45) is -0.522. The Balaban J connectivity index is 1.99. The van der Waals surface area contributed by atoms with Crippen molar-refractivity contribution in [2.24, 2.45) is 0 Å². The summed E-state index contributed by atoms with van der Waals surface area (Å²) in [6.45, 7) is 12.5. The molecule has 25 heavy (non-hydrogen) atoms. The van der Waals surface area contributed by atoms with Crippen LogP contribution in [-0.4, -0.2) is 48.2 Å². The highest BCUT2D eigenvalue weighted by atomic mass is 28.4. The molecule has 1 aromatic heterocycles. The molecule has 0 bridgehead atoms. The molecule has 1 aromatic rings. The van der Waals surface area contributed by atoms with E-state index in [1.54, 1.807) is 6.92 Å². The van der Waals surface area contributed by atoms with E-state index >= 15 is 0 Å². The molecule has 0 spiro atoms. The van der Waals surface area contributed by atoms with E-state index in [0.29, 0.717) is 5.56 Å². The first-order valence-corrected chi connectivity index (χ1v) is 11.3. The van der Waals surface area contributed by atoms with Gasteiger partial charge in [-0.15, -0.1) is 4.73 Å².